The summed E-state index contributed by atoms with van der Waals surface area (Å²) in [6, 6.07) is 3.24. The monoisotopic (exact) mass is 321 g/mol. The molecule has 0 saturated carbocycles. The number of halogens is 2. The molecular weight excluding hydrogens is 313 g/mol. The fourth-order valence-corrected chi connectivity index (χ4v) is 1.85. The van der Waals surface area contributed by atoms with Gasteiger partial charge < -0.3 is 15.5 Å². The average Bonchev–Trinajstić information content (AvgIpc) is 2.24. The molecule has 1 aromatic carbocycles. The summed E-state index contributed by atoms with van der Waals surface area (Å²) in [5, 5.41) is 19.8. The van der Waals surface area contributed by atoms with E-state index >= 15 is 0 Å². The van der Waals surface area contributed by atoms with Gasteiger partial charge in [-0.2, -0.15) is 0 Å². The molecule has 1 rings (SSSR count). The molecule has 0 radical (unpaired) electrons. The lowest BCUT2D eigenvalue weighted by Gasteiger charge is -2.12. The Bertz CT molecular complexity index is 452. The zero-order valence-electron chi connectivity index (χ0n) is 8.48. The lowest BCUT2D eigenvalue weighted by atomic mass is 10.2. The van der Waals surface area contributed by atoms with E-state index in [1.807, 2.05) is 0 Å². The van der Waals surface area contributed by atoms with Crippen LogP contribution in [0.2, 0.25) is 5.02 Å². The van der Waals surface area contributed by atoms with Crippen molar-refractivity contribution in [2.45, 2.75) is 6.04 Å². The minimum atomic E-state index is -1.35. The smallest absolute Gasteiger partial charge is 0.328 e. The number of rotatable bonds is 4. The van der Waals surface area contributed by atoms with E-state index in [-0.39, 0.29) is 10.6 Å². The molecule has 0 unspecified atom stereocenters. The van der Waals surface area contributed by atoms with Crippen molar-refractivity contribution in [3.05, 3.63) is 33.3 Å². The molecule has 0 heterocycles. The molecule has 92 valence electrons. The van der Waals surface area contributed by atoms with E-state index in [9.17, 15) is 9.59 Å². The van der Waals surface area contributed by atoms with Crippen LogP contribution < -0.4 is 5.32 Å². The van der Waals surface area contributed by atoms with Gasteiger partial charge >= 0.3 is 5.97 Å². The third-order valence-electron chi connectivity index (χ3n) is 1.96. The zero-order chi connectivity index (χ0) is 13.0. The van der Waals surface area contributed by atoms with E-state index in [4.69, 9.17) is 21.8 Å². The number of aliphatic hydroxyl groups is 1. The van der Waals surface area contributed by atoms with Crippen LogP contribution in [0.3, 0.4) is 0 Å². The van der Waals surface area contributed by atoms with Gasteiger partial charge in [-0.25, -0.2) is 4.79 Å². The molecule has 0 aliphatic heterocycles. The molecule has 5 nitrogen and oxygen atoms in total. The number of carbonyl (C=O) groups excluding carboxylic acids is 1. The Hall–Kier alpha value is -1.11. The van der Waals surface area contributed by atoms with Gasteiger partial charge in [-0.3, -0.25) is 4.79 Å². The fourth-order valence-electron chi connectivity index (χ4n) is 1.10. The van der Waals surface area contributed by atoms with Crippen molar-refractivity contribution in [2.75, 3.05) is 6.61 Å². The summed E-state index contributed by atoms with van der Waals surface area (Å²) in [5.41, 5.74) is 0.148. The Balaban J connectivity index is 2.86. The second-order valence-electron chi connectivity index (χ2n) is 3.17. The number of hydrogen-bond acceptors (Lipinski definition) is 3. The van der Waals surface area contributed by atoms with Gasteiger partial charge in [0.2, 0.25) is 0 Å². The number of carboxylic acid groups (broad SMARTS) is 1. The highest BCUT2D eigenvalue weighted by atomic mass is 79.9. The van der Waals surface area contributed by atoms with Crippen LogP contribution >= 0.6 is 27.5 Å². The summed E-state index contributed by atoms with van der Waals surface area (Å²) >= 11 is 9.01. The van der Waals surface area contributed by atoms with Gasteiger partial charge in [0.1, 0.15) is 0 Å². The summed E-state index contributed by atoms with van der Waals surface area (Å²) in [4.78, 5) is 22.3. The van der Waals surface area contributed by atoms with Gasteiger partial charge in [0, 0.05) is 4.47 Å². The van der Waals surface area contributed by atoms with Crippen LogP contribution in [0.4, 0.5) is 0 Å². The van der Waals surface area contributed by atoms with E-state index in [0.29, 0.717) is 4.47 Å². The molecule has 0 aliphatic carbocycles. The van der Waals surface area contributed by atoms with Gasteiger partial charge in [-0.1, -0.05) is 27.5 Å². The highest BCUT2D eigenvalue weighted by molar-refractivity contribution is 9.10. The van der Waals surface area contributed by atoms with Gasteiger partial charge in [0.05, 0.1) is 17.2 Å². The first-order chi connectivity index (χ1) is 7.95. The van der Waals surface area contributed by atoms with Crippen molar-refractivity contribution < 1.29 is 19.8 Å². The molecule has 0 fully saturated rings. The molecule has 17 heavy (non-hydrogen) atoms. The summed E-state index contributed by atoms with van der Waals surface area (Å²) in [6.45, 7) is -0.685. The molecule has 0 bridgehead atoms. The standard InChI is InChI=1S/C10H9BrClNO4/c11-5-1-2-6(7(12)3-5)9(15)13-8(4-14)10(16)17/h1-3,8,14H,4H2,(H,13,15)(H,16,17)/t8-/m1/s1. The quantitative estimate of drug-likeness (QED) is 0.779. The van der Waals surface area contributed by atoms with Crippen LogP contribution in [0.25, 0.3) is 0 Å². The third-order valence-corrected chi connectivity index (χ3v) is 2.77. The molecule has 3 N–H and O–H groups in total. The number of aliphatic hydroxyl groups excluding tert-OH is 1. The summed E-state index contributed by atoms with van der Waals surface area (Å²) in [5.74, 6) is -1.96. The van der Waals surface area contributed by atoms with Gasteiger partial charge in [-0.05, 0) is 18.2 Å². The van der Waals surface area contributed by atoms with E-state index in [2.05, 4.69) is 21.2 Å². The second-order valence-corrected chi connectivity index (χ2v) is 4.49. The molecule has 1 atom stereocenters. The molecule has 1 aromatic rings. The topological polar surface area (TPSA) is 86.6 Å². The zero-order valence-corrected chi connectivity index (χ0v) is 10.8. The number of carbonyl (C=O) groups is 2. The van der Waals surface area contributed by atoms with Crippen molar-refractivity contribution in [1.82, 2.24) is 5.32 Å². The molecule has 0 aliphatic rings. The lowest BCUT2D eigenvalue weighted by Crippen LogP contribution is -2.43. The normalized spacial score (nSPS) is 11.9. The third kappa shape index (κ3) is 3.69. The first-order valence-corrected chi connectivity index (χ1v) is 5.72. The fraction of sp³-hybridized carbons (Fsp3) is 0.200. The first-order valence-electron chi connectivity index (χ1n) is 4.55. The molecular formula is C10H9BrClNO4. The van der Waals surface area contributed by atoms with E-state index in [1.54, 1.807) is 6.07 Å². The highest BCUT2D eigenvalue weighted by Gasteiger charge is 2.20. The van der Waals surface area contributed by atoms with Crippen LogP contribution in [-0.2, 0) is 4.79 Å². The number of nitrogens with one attached hydrogen (secondary N) is 1. The van der Waals surface area contributed by atoms with Gasteiger partial charge in [-0.15, -0.1) is 0 Å². The van der Waals surface area contributed by atoms with E-state index < -0.39 is 24.5 Å². The minimum absolute atomic E-state index is 0.148. The van der Waals surface area contributed by atoms with Crippen molar-refractivity contribution in [3.63, 3.8) is 0 Å². The van der Waals surface area contributed by atoms with E-state index in [1.165, 1.54) is 12.1 Å². The van der Waals surface area contributed by atoms with Crippen molar-refractivity contribution in [3.8, 4) is 0 Å². The lowest BCUT2D eigenvalue weighted by molar-refractivity contribution is -0.140. The Morgan fingerprint density at radius 2 is 2.12 bits per heavy atom. The minimum Gasteiger partial charge on any atom is -0.480 e. The molecule has 0 saturated heterocycles. The number of amides is 1. The summed E-state index contributed by atoms with van der Waals surface area (Å²) < 4.78 is 0.705. The SMILES string of the molecule is O=C(N[C@H](CO)C(=O)O)c1ccc(Br)cc1Cl. The van der Waals surface area contributed by atoms with E-state index in [0.717, 1.165) is 0 Å². The Morgan fingerprint density at radius 1 is 1.47 bits per heavy atom. The molecule has 7 heteroatoms. The predicted octanol–water partition coefficient (Wildman–Crippen LogP) is 1.28. The summed E-state index contributed by atoms with van der Waals surface area (Å²) in [7, 11) is 0. The van der Waals surface area contributed by atoms with Crippen LogP contribution in [-0.4, -0.2) is 34.7 Å². The number of hydrogen-bond donors (Lipinski definition) is 3. The van der Waals surface area contributed by atoms with Crippen LogP contribution in [0.1, 0.15) is 10.4 Å². The van der Waals surface area contributed by atoms with Gasteiger partial charge in [0.15, 0.2) is 6.04 Å². The largest absolute Gasteiger partial charge is 0.480 e. The first kappa shape index (κ1) is 14.0. The predicted molar refractivity (Wildman–Crippen MR) is 65.1 cm³/mol. The Labute approximate surface area is 111 Å². The number of aliphatic carboxylic acids is 1. The van der Waals surface area contributed by atoms with Crippen molar-refractivity contribution in [2.24, 2.45) is 0 Å². The van der Waals surface area contributed by atoms with Crippen molar-refractivity contribution in [1.29, 1.82) is 0 Å². The average molecular weight is 323 g/mol. The Kier molecular flexibility index (Phi) is 4.92. The Morgan fingerprint density at radius 3 is 2.59 bits per heavy atom. The van der Waals surface area contributed by atoms with Gasteiger partial charge in [0.25, 0.3) is 5.91 Å². The van der Waals surface area contributed by atoms with Crippen molar-refractivity contribution >= 4 is 39.4 Å². The maximum atomic E-state index is 11.7. The van der Waals surface area contributed by atoms with Crippen LogP contribution in [0, 0.1) is 0 Å². The molecule has 0 aromatic heterocycles. The maximum absolute atomic E-state index is 11.7. The maximum Gasteiger partial charge on any atom is 0.328 e. The molecule has 1 amide bonds. The number of carboxylic acids is 1. The highest BCUT2D eigenvalue weighted by Crippen LogP contribution is 2.21. The van der Waals surface area contributed by atoms with Crippen LogP contribution in [0.15, 0.2) is 22.7 Å². The summed E-state index contributed by atoms with van der Waals surface area (Å²) in [6.07, 6.45) is 0. The van der Waals surface area contributed by atoms with Crippen LogP contribution in [0.5, 0.6) is 0 Å². The second kappa shape index (κ2) is 6.00. The molecule has 0 spiro atoms. The number of benzene rings is 1.